The zero-order chi connectivity index (χ0) is 15.7. The molecule has 1 aromatic carbocycles. The smallest absolute Gasteiger partial charge is 0.222 e. The van der Waals surface area contributed by atoms with Crippen LogP contribution in [0.5, 0.6) is 0 Å². The molecule has 0 fully saturated rings. The largest absolute Gasteiger partial charge is 0.339 e. The number of halogens is 1. The molecule has 0 bridgehead atoms. The van der Waals surface area contributed by atoms with Crippen molar-refractivity contribution in [2.45, 2.75) is 46.1 Å². The summed E-state index contributed by atoms with van der Waals surface area (Å²) in [6.45, 7) is 5.88. The maximum absolute atomic E-state index is 13.2. The molecule has 1 atom stereocenters. The highest BCUT2D eigenvalue weighted by Crippen LogP contribution is 2.16. The Hall–Kier alpha value is -1.42. The monoisotopic (exact) mass is 294 g/mol. The Balaban J connectivity index is 2.53. The quantitative estimate of drug-likeness (QED) is 0.759. The van der Waals surface area contributed by atoms with E-state index >= 15 is 0 Å². The molecule has 1 aromatic rings. The van der Waals surface area contributed by atoms with Crippen LogP contribution in [0, 0.1) is 11.7 Å². The molecule has 3 nitrogen and oxygen atoms in total. The molecule has 0 aromatic heterocycles. The van der Waals surface area contributed by atoms with Gasteiger partial charge in [-0.25, -0.2) is 4.39 Å². The standard InChI is InChI=1S/C17H27FN2O/c1-3-14(10-11-19)8-9-17(21)20(4-2)13-15-6-5-7-16(18)12-15/h5-7,12,14H,3-4,8-11,13,19H2,1-2H3. The number of carbonyl (C=O) groups is 1. The average molecular weight is 294 g/mol. The van der Waals surface area contributed by atoms with Crippen LogP contribution in [-0.2, 0) is 11.3 Å². The van der Waals surface area contributed by atoms with E-state index < -0.39 is 0 Å². The van der Waals surface area contributed by atoms with E-state index in [1.54, 1.807) is 11.0 Å². The van der Waals surface area contributed by atoms with Gasteiger partial charge in [-0.3, -0.25) is 4.79 Å². The third kappa shape index (κ3) is 6.25. The van der Waals surface area contributed by atoms with Crippen molar-refractivity contribution in [3.8, 4) is 0 Å². The number of hydrogen-bond acceptors (Lipinski definition) is 2. The molecular weight excluding hydrogens is 267 g/mol. The number of nitrogens with two attached hydrogens (primary N) is 1. The van der Waals surface area contributed by atoms with Crippen LogP contribution >= 0.6 is 0 Å². The minimum atomic E-state index is -0.259. The lowest BCUT2D eigenvalue weighted by molar-refractivity contribution is -0.131. The van der Waals surface area contributed by atoms with Gasteiger partial charge in [-0.1, -0.05) is 25.5 Å². The second-order valence-electron chi connectivity index (χ2n) is 5.43. The van der Waals surface area contributed by atoms with Crippen LogP contribution in [-0.4, -0.2) is 23.9 Å². The van der Waals surface area contributed by atoms with Crippen LogP contribution in [0.15, 0.2) is 24.3 Å². The second-order valence-corrected chi connectivity index (χ2v) is 5.43. The van der Waals surface area contributed by atoms with Gasteiger partial charge < -0.3 is 10.6 Å². The van der Waals surface area contributed by atoms with E-state index in [0.717, 1.165) is 24.8 Å². The van der Waals surface area contributed by atoms with Gasteiger partial charge in [0, 0.05) is 19.5 Å². The summed E-state index contributed by atoms with van der Waals surface area (Å²) in [4.78, 5) is 14.1. The molecule has 1 unspecified atom stereocenters. The van der Waals surface area contributed by atoms with Gasteiger partial charge in [0.1, 0.15) is 5.82 Å². The highest BCUT2D eigenvalue weighted by molar-refractivity contribution is 5.76. The summed E-state index contributed by atoms with van der Waals surface area (Å²) in [6, 6.07) is 6.43. The number of rotatable bonds is 9. The van der Waals surface area contributed by atoms with E-state index in [1.165, 1.54) is 12.1 Å². The first-order chi connectivity index (χ1) is 10.1. The molecule has 0 aliphatic rings. The van der Waals surface area contributed by atoms with E-state index in [9.17, 15) is 9.18 Å². The summed E-state index contributed by atoms with van der Waals surface area (Å²) >= 11 is 0. The van der Waals surface area contributed by atoms with Crippen molar-refractivity contribution in [2.24, 2.45) is 11.7 Å². The minimum absolute atomic E-state index is 0.136. The molecular formula is C17H27FN2O. The Morgan fingerprint density at radius 2 is 2.10 bits per heavy atom. The number of amides is 1. The van der Waals surface area contributed by atoms with Gasteiger partial charge in [0.2, 0.25) is 5.91 Å². The SMILES string of the molecule is CCC(CCN)CCC(=O)N(CC)Cc1cccc(F)c1. The first kappa shape index (κ1) is 17.6. The predicted molar refractivity (Wildman–Crippen MR) is 84.2 cm³/mol. The van der Waals surface area contributed by atoms with Gasteiger partial charge in [0.25, 0.3) is 0 Å². The van der Waals surface area contributed by atoms with Crippen LogP contribution in [0.25, 0.3) is 0 Å². The molecule has 0 radical (unpaired) electrons. The molecule has 2 N–H and O–H groups in total. The van der Waals surface area contributed by atoms with Gasteiger partial charge in [-0.15, -0.1) is 0 Å². The zero-order valence-electron chi connectivity index (χ0n) is 13.1. The molecule has 0 spiro atoms. The van der Waals surface area contributed by atoms with Crippen LogP contribution < -0.4 is 5.73 Å². The van der Waals surface area contributed by atoms with Gasteiger partial charge in [-0.2, -0.15) is 0 Å². The fraction of sp³-hybridized carbons (Fsp3) is 0.588. The van der Waals surface area contributed by atoms with Crippen molar-refractivity contribution >= 4 is 5.91 Å². The van der Waals surface area contributed by atoms with Crippen molar-refractivity contribution in [1.82, 2.24) is 4.90 Å². The summed E-state index contributed by atoms with van der Waals surface area (Å²) in [6.07, 6.45) is 3.45. The van der Waals surface area contributed by atoms with Crippen molar-refractivity contribution in [3.63, 3.8) is 0 Å². The average Bonchev–Trinajstić information content (AvgIpc) is 2.48. The topological polar surface area (TPSA) is 46.3 Å². The van der Waals surface area contributed by atoms with Gasteiger partial charge >= 0.3 is 0 Å². The third-order valence-corrected chi connectivity index (χ3v) is 3.92. The van der Waals surface area contributed by atoms with E-state index in [0.29, 0.717) is 32.0 Å². The van der Waals surface area contributed by atoms with Crippen LogP contribution in [0.1, 0.15) is 45.1 Å². The van der Waals surface area contributed by atoms with Crippen LogP contribution in [0.3, 0.4) is 0 Å². The predicted octanol–water partition coefficient (Wildman–Crippen LogP) is 3.33. The maximum atomic E-state index is 13.2. The molecule has 0 aliphatic carbocycles. The highest BCUT2D eigenvalue weighted by atomic mass is 19.1. The number of hydrogen-bond donors (Lipinski definition) is 1. The van der Waals surface area contributed by atoms with E-state index in [2.05, 4.69) is 6.92 Å². The second kappa shape index (κ2) is 9.50. The van der Waals surface area contributed by atoms with E-state index in [-0.39, 0.29) is 11.7 Å². The molecule has 0 saturated carbocycles. The van der Waals surface area contributed by atoms with Crippen molar-refractivity contribution < 1.29 is 9.18 Å². The fourth-order valence-corrected chi connectivity index (χ4v) is 2.51. The van der Waals surface area contributed by atoms with Gasteiger partial charge in [0.15, 0.2) is 0 Å². The van der Waals surface area contributed by atoms with Gasteiger partial charge in [-0.05, 0) is 49.9 Å². The highest BCUT2D eigenvalue weighted by Gasteiger charge is 2.15. The van der Waals surface area contributed by atoms with Crippen LogP contribution in [0.4, 0.5) is 4.39 Å². The number of benzene rings is 1. The summed E-state index contributed by atoms with van der Waals surface area (Å²) in [5, 5.41) is 0. The van der Waals surface area contributed by atoms with Crippen molar-refractivity contribution in [3.05, 3.63) is 35.6 Å². The zero-order valence-corrected chi connectivity index (χ0v) is 13.1. The van der Waals surface area contributed by atoms with Crippen molar-refractivity contribution in [1.29, 1.82) is 0 Å². The summed E-state index contributed by atoms with van der Waals surface area (Å²) < 4.78 is 13.2. The fourth-order valence-electron chi connectivity index (χ4n) is 2.51. The molecule has 0 saturated heterocycles. The lowest BCUT2D eigenvalue weighted by atomic mass is 9.96. The molecule has 0 aliphatic heterocycles. The molecule has 21 heavy (non-hydrogen) atoms. The van der Waals surface area contributed by atoms with E-state index in [4.69, 9.17) is 5.73 Å². The molecule has 1 rings (SSSR count). The number of nitrogens with zero attached hydrogens (tertiary/aromatic N) is 1. The molecule has 118 valence electrons. The minimum Gasteiger partial charge on any atom is -0.339 e. The van der Waals surface area contributed by atoms with Crippen LogP contribution in [0.2, 0.25) is 0 Å². The Labute approximate surface area is 127 Å². The Kier molecular flexibility index (Phi) is 7.98. The molecule has 4 heteroatoms. The Morgan fingerprint density at radius 3 is 2.67 bits per heavy atom. The Bertz CT molecular complexity index is 437. The first-order valence-corrected chi connectivity index (χ1v) is 7.82. The molecule has 1 amide bonds. The third-order valence-electron chi connectivity index (χ3n) is 3.92. The number of carbonyl (C=O) groups excluding carboxylic acids is 1. The lowest BCUT2D eigenvalue weighted by Crippen LogP contribution is -2.30. The normalized spacial score (nSPS) is 12.2. The molecule has 0 heterocycles. The first-order valence-electron chi connectivity index (χ1n) is 7.82. The van der Waals surface area contributed by atoms with E-state index in [1.807, 2.05) is 13.0 Å². The maximum Gasteiger partial charge on any atom is 0.222 e. The summed E-state index contributed by atoms with van der Waals surface area (Å²) in [5.41, 5.74) is 6.42. The summed E-state index contributed by atoms with van der Waals surface area (Å²) in [7, 11) is 0. The van der Waals surface area contributed by atoms with Crippen molar-refractivity contribution in [2.75, 3.05) is 13.1 Å². The Morgan fingerprint density at radius 1 is 1.33 bits per heavy atom. The van der Waals surface area contributed by atoms with Gasteiger partial charge in [0.05, 0.1) is 0 Å². The lowest BCUT2D eigenvalue weighted by Gasteiger charge is -2.22. The summed E-state index contributed by atoms with van der Waals surface area (Å²) in [5.74, 6) is 0.397.